The molecular weight excluding hydrogens is 316 g/mol. The summed E-state index contributed by atoms with van der Waals surface area (Å²) >= 11 is 0. The maximum Gasteiger partial charge on any atom is 0.224 e. The SMILES string of the molecule is CC1CCC(C)N1C(=O)CCN.CCCC1CCCN1C(=O)CCN. The van der Waals surface area contributed by atoms with Crippen molar-refractivity contribution in [2.24, 2.45) is 11.5 Å². The average molecular weight is 355 g/mol. The smallest absolute Gasteiger partial charge is 0.224 e. The van der Waals surface area contributed by atoms with Gasteiger partial charge in [-0.3, -0.25) is 9.59 Å². The van der Waals surface area contributed by atoms with Gasteiger partial charge in [0.15, 0.2) is 0 Å². The zero-order valence-corrected chi connectivity index (χ0v) is 16.4. The van der Waals surface area contributed by atoms with Crippen LogP contribution in [0.4, 0.5) is 0 Å². The molecule has 0 radical (unpaired) electrons. The largest absolute Gasteiger partial charge is 0.340 e. The van der Waals surface area contributed by atoms with Gasteiger partial charge in [-0.1, -0.05) is 13.3 Å². The lowest BCUT2D eigenvalue weighted by molar-refractivity contribution is -0.133. The lowest BCUT2D eigenvalue weighted by Crippen LogP contribution is -2.39. The lowest BCUT2D eigenvalue weighted by Gasteiger charge is -2.26. The van der Waals surface area contributed by atoms with Crippen LogP contribution in [0.15, 0.2) is 0 Å². The molecule has 0 spiro atoms. The average Bonchev–Trinajstić information content (AvgIpc) is 3.15. The Morgan fingerprint density at radius 1 is 0.960 bits per heavy atom. The molecule has 0 bridgehead atoms. The Balaban J connectivity index is 0.000000251. The summed E-state index contributed by atoms with van der Waals surface area (Å²) in [6.07, 6.45) is 7.95. The normalized spacial score (nSPS) is 25.7. The summed E-state index contributed by atoms with van der Waals surface area (Å²) in [7, 11) is 0. The molecule has 2 amide bonds. The number of hydrogen-bond donors (Lipinski definition) is 2. The molecule has 146 valence electrons. The van der Waals surface area contributed by atoms with Crippen LogP contribution in [0.25, 0.3) is 0 Å². The molecule has 2 fully saturated rings. The molecule has 0 aromatic rings. The van der Waals surface area contributed by atoms with Crippen molar-refractivity contribution < 1.29 is 9.59 Å². The topological polar surface area (TPSA) is 92.7 Å². The first-order valence-electron chi connectivity index (χ1n) is 9.96. The van der Waals surface area contributed by atoms with Crippen LogP contribution < -0.4 is 11.5 Å². The fraction of sp³-hybridized carbons (Fsp3) is 0.895. The summed E-state index contributed by atoms with van der Waals surface area (Å²) in [5.41, 5.74) is 10.7. The first-order chi connectivity index (χ1) is 12.0. The van der Waals surface area contributed by atoms with Gasteiger partial charge >= 0.3 is 0 Å². The van der Waals surface area contributed by atoms with E-state index in [1.54, 1.807) is 0 Å². The van der Waals surface area contributed by atoms with Gasteiger partial charge in [0.1, 0.15) is 0 Å². The number of nitrogens with two attached hydrogens (primary N) is 2. The molecule has 6 heteroatoms. The van der Waals surface area contributed by atoms with E-state index in [0.717, 1.165) is 32.2 Å². The maximum absolute atomic E-state index is 11.6. The summed E-state index contributed by atoms with van der Waals surface area (Å²) in [5, 5.41) is 0. The minimum absolute atomic E-state index is 0.218. The van der Waals surface area contributed by atoms with Crippen LogP contribution in [-0.2, 0) is 9.59 Å². The second kappa shape index (κ2) is 11.5. The van der Waals surface area contributed by atoms with E-state index in [2.05, 4.69) is 20.8 Å². The molecule has 2 rings (SSSR count). The van der Waals surface area contributed by atoms with Crippen molar-refractivity contribution in [3.8, 4) is 0 Å². The molecule has 0 aromatic heterocycles. The van der Waals surface area contributed by atoms with E-state index in [9.17, 15) is 9.59 Å². The molecule has 0 aliphatic carbocycles. The Kier molecular flexibility index (Phi) is 10.0. The zero-order chi connectivity index (χ0) is 18.8. The lowest BCUT2D eigenvalue weighted by atomic mass is 10.1. The van der Waals surface area contributed by atoms with Crippen molar-refractivity contribution in [1.82, 2.24) is 9.80 Å². The van der Waals surface area contributed by atoms with E-state index in [1.807, 2.05) is 9.80 Å². The summed E-state index contributed by atoms with van der Waals surface area (Å²) < 4.78 is 0. The number of amides is 2. The van der Waals surface area contributed by atoms with Gasteiger partial charge in [-0.15, -0.1) is 0 Å². The number of carbonyl (C=O) groups excluding carboxylic acids is 2. The minimum atomic E-state index is 0.218. The van der Waals surface area contributed by atoms with Gasteiger partial charge in [0.25, 0.3) is 0 Å². The van der Waals surface area contributed by atoms with Crippen LogP contribution in [0, 0.1) is 0 Å². The number of likely N-dealkylation sites (tertiary alicyclic amines) is 2. The third-order valence-electron chi connectivity index (χ3n) is 5.28. The van der Waals surface area contributed by atoms with Gasteiger partial charge in [-0.2, -0.15) is 0 Å². The third kappa shape index (κ3) is 6.59. The molecule has 2 aliphatic rings. The Morgan fingerprint density at radius 3 is 2.04 bits per heavy atom. The van der Waals surface area contributed by atoms with Crippen molar-refractivity contribution >= 4 is 11.8 Å². The molecule has 2 aliphatic heterocycles. The first-order valence-corrected chi connectivity index (χ1v) is 9.96. The van der Waals surface area contributed by atoms with Crippen molar-refractivity contribution in [3.05, 3.63) is 0 Å². The summed E-state index contributed by atoms with van der Waals surface area (Å²) in [5.74, 6) is 0.466. The molecule has 2 saturated heterocycles. The van der Waals surface area contributed by atoms with Crippen LogP contribution in [0.3, 0.4) is 0 Å². The second-order valence-electron chi connectivity index (χ2n) is 7.33. The quantitative estimate of drug-likeness (QED) is 0.761. The minimum Gasteiger partial charge on any atom is -0.340 e. The van der Waals surface area contributed by atoms with Crippen molar-refractivity contribution in [1.29, 1.82) is 0 Å². The summed E-state index contributed by atoms with van der Waals surface area (Å²) in [6.45, 7) is 8.28. The second-order valence-corrected chi connectivity index (χ2v) is 7.33. The zero-order valence-electron chi connectivity index (χ0n) is 16.4. The number of nitrogens with zero attached hydrogens (tertiary/aromatic N) is 2. The van der Waals surface area contributed by atoms with Crippen molar-refractivity contribution in [3.63, 3.8) is 0 Å². The predicted octanol–water partition coefficient (Wildman–Crippen LogP) is 1.86. The number of rotatable bonds is 6. The van der Waals surface area contributed by atoms with E-state index in [1.165, 1.54) is 12.8 Å². The summed E-state index contributed by atoms with van der Waals surface area (Å²) in [6, 6.07) is 1.34. The molecule has 3 unspecified atom stereocenters. The maximum atomic E-state index is 11.6. The van der Waals surface area contributed by atoms with Gasteiger partial charge in [-0.25, -0.2) is 0 Å². The first kappa shape index (κ1) is 21.9. The van der Waals surface area contributed by atoms with E-state index >= 15 is 0 Å². The molecule has 25 heavy (non-hydrogen) atoms. The van der Waals surface area contributed by atoms with Crippen LogP contribution in [0.1, 0.15) is 72.1 Å². The highest BCUT2D eigenvalue weighted by molar-refractivity contribution is 5.77. The Bertz CT molecular complexity index is 406. The molecular formula is C19H38N4O2. The Labute approximate surface area is 153 Å². The highest BCUT2D eigenvalue weighted by Gasteiger charge is 2.30. The molecule has 4 N–H and O–H groups in total. The Hall–Kier alpha value is -1.14. The fourth-order valence-electron chi connectivity index (χ4n) is 4.00. The van der Waals surface area contributed by atoms with Gasteiger partial charge in [0, 0.05) is 50.6 Å². The van der Waals surface area contributed by atoms with E-state index in [0.29, 0.717) is 44.1 Å². The summed E-state index contributed by atoms with van der Waals surface area (Å²) in [4.78, 5) is 27.1. The third-order valence-corrected chi connectivity index (χ3v) is 5.28. The molecule has 2 heterocycles. The standard InChI is InChI=1S/C10H20N2O.C9H18N2O/c1-2-4-9-5-3-8-12(9)10(13)6-7-11;1-7-3-4-8(2)11(7)9(12)5-6-10/h9H,2-8,11H2,1H3;7-8H,3-6,10H2,1-2H3. The van der Waals surface area contributed by atoms with Crippen molar-refractivity contribution in [2.45, 2.75) is 90.3 Å². The monoisotopic (exact) mass is 354 g/mol. The van der Waals surface area contributed by atoms with E-state index in [4.69, 9.17) is 11.5 Å². The fourth-order valence-corrected chi connectivity index (χ4v) is 4.00. The van der Waals surface area contributed by atoms with Gasteiger partial charge in [0.2, 0.25) is 11.8 Å². The Morgan fingerprint density at radius 2 is 1.52 bits per heavy atom. The van der Waals surface area contributed by atoms with Gasteiger partial charge in [-0.05, 0) is 46.0 Å². The number of hydrogen-bond acceptors (Lipinski definition) is 4. The van der Waals surface area contributed by atoms with Crippen LogP contribution in [-0.4, -0.2) is 59.4 Å². The highest BCUT2D eigenvalue weighted by atomic mass is 16.2. The van der Waals surface area contributed by atoms with Crippen LogP contribution in [0.2, 0.25) is 0 Å². The highest BCUT2D eigenvalue weighted by Crippen LogP contribution is 2.24. The number of carbonyl (C=O) groups is 2. The predicted molar refractivity (Wildman–Crippen MR) is 102 cm³/mol. The molecule has 0 saturated carbocycles. The molecule has 0 aromatic carbocycles. The van der Waals surface area contributed by atoms with Crippen LogP contribution >= 0.6 is 0 Å². The van der Waals surface area contributed by atoms with Gasteiger partial charge in [0.05, 0.1) is 0 Å². The van der Waals surface area contributed by atoms with E-state index in [-0.39, 0.29) is 11.8 Å². The van der Waals surface area contributed by atoms with E-state index < -0.39 is 0 Å². The van der Waals surface area contributed by atoms with Gasteiger partial charge < -0.3 is 21.3 Å². The van der Waals surface area contributed by atoms with Crippen molar-refractivity contribution in [2.75, 3.05) is 19.6 Å². The van der Waals surface area contributed by atoms with Crippen LogP contribution in [0.5, 0.6) is 0 Å². The molecule has 3 atom stereocenters. The molecule has 6 nitrogen and oxygen atoms in total.